The Kier molecular flexibility index (Phi) is 3.64. The number of aryl methyl sites for hydroxylation is 1. The summed E-state index contributed by atoms with van der Waals surface area (Å²) in [6.07, 6.45) is 0.979. The van der Waals surface area contributed by atoms with E-state index >= 15 is 0 Å². The first-order valence-electron chi connectivity index (χ1n) is 4.33. The number of rotatable bonds is 5. The summed E-state index contributed by atoms with van der Waals surface area (Å²) in [5.74, 6) is 1.32. The van der Waals surface area contributed by atoms with Gasteiger partial charge in [-0.15, -0.1) is 6.58 Å². The Morgan fingerprint density at radius 3 is 2.92 bits per heavy atom. The minimum absolute atomic E-state index is 0.633. The van der Waals surface area contributed by atoms with Gasteiger partial charge in [0.2, 0.25) is 5.89 Å². The molecule has 0 saturated carbocycles. The molecule has 1 aromatic heterocycles. The summed E-state index contributed by atoms with van der Waals surface area (Å²) in [5, 5.41) is 6.88. The zero-order valence-electron chi connectivity index (χ0n) is 8.13. The third-order valence-electron chi connectivity index (χ3n) is 1.57. The number of aromatic nitrogens is 2. The fraction of sp³-hybridized carbons (Fsp3) is 0.556. The second kappa shape index (κ2) is 4.77. The van der Waals surface area contributed by atoms with E-state index in [-0.39, 0.29) is 0 Å². The minimum Gasteiger partial charge on any atom is -0.338 e. The quantitative estimate of drug-likeness (QED) is 0.551. The maximum atomic E-state index is 4.93. The molecule has 0 radical (unpaired) electrons. The van der Waals surface area contributed by atoms with E-state index in [1.807, 2.05) is 6.92 Å². The standard InChI is InChI=1S/C9H15N3O/c1-7(2)4-5-10-6-9-11-8(3)12-13-9/h10H,1,4-6H2,2-3H3. The van der Waals surface area contributed by atoms with E-state index in [1.54, 1.807) is 6.92 Å². The van der Waals surface area contributed by atoms with Gasteiger partial charge in [-0.1, -0.05) is 10.7 Å². The van der Waals surface area contributed by atoms with Crippen LogP contribution < -0.4 is 5.32 Å². The predicted octanol–water partition coefficient (Wildman–Crippen LogP) is 1.43. The Bertz CT molecular complexity index is 280. The molecule has 0 aliphatic carbocycles. The molecule has 1 N–H and O–H groups in total. The molecule has 0 aliphatic heterocycles. The molecule has 0 aromatic carbocycles. The molecule has 13 heavy (non-hydrogen) atoms. The van der Waals surface area contributed by atoms with Crippen LogP contribution in [0, 0.1) is 6.92 Å². The largest absolute Gasteiger partial charge is 0.338 e. The van der Waals surface area contributed by atoms with Crippen LogP contribution in [0.5, 0.6) is 0 Å². The van der Waals surface area contributed by atoms with Crippen molar-refractivity contribution in [3.05, 3.63) is 23.9 Å². The Hall–Kier alpha value is -1.16. The summed E-state index contributed by atoms with van der Waals surface area (Å²) in [5.41, 5.74) is 1.18. The number of nitrogens with zero attached hydrogens (tertiary/aromatic N) is 2. The summed E-state index contributed by atoms with van der Waals surface area (Å²) in [6.45, 7) is 9.16. The molecule has 1 heterocycles. The van der Waals surface area contributed by atoms with Crippen LogP contribution in [0.4, 0.5) is 0 Å². The molecule has 4 nitrogen and oxygen atoms in total. The van der Waals surface area contributed by atoms with Crippen LogP contribution in [0.2, 0.25) is 0 Å². The van der Waals surface area contributed by atoms with Gasteiger partial charge in [0.05, 0.1) is 6.54 Å². The maximum Gasteiger partial charge on any atom is 0.240 e. The van der Waals surface area contributed by atoms with Crippen molar-refractivity contribution in [3.8, 4) is 0 Å². The van der Waals surface area contributed by atoms with Crippen LogP contribution in [0.3, 0.4) is 0 Å². The summed E-state index contributed by atoms with van der Waals surface area (Å²) >= 11 is 0. The molecule has 0 amide bonds. The molecule has 0 unspecified atom stereocenters. The number of nitrogens with one attached hydrogen (secondary N) is 1. The van der Waals surface area contributed by atoms with Crippen molar-refractivity contribution < 1.29 is 4.52 Å². The van der Waals surface area contributed by atoms with Gasteiger partial charge in [-0.3, -0.25) is 0 Å². The van der Waals surface area contributed by atoms with Crippen molar-refractivity contribution in [3.63, 3.8) is 0 Å². The molecule has 1 aromatic rings. The lowest BCUT2D eigenvalue weighted by Gasteiger charge is -1.99. The van der Waals surface area contributed by atoms with Gasteiger partial charge in [0.15, 0.2) is 5.82 Å². The molecule has 72 valence electrons. The Balaban J connectivity index is 2.16. The molecule has 0 bridgehead atoms. The number of hydrogen-bond donors (Lipinski definition) is 1. The fourth-order valence-electron chi connectivity index (χ4n) is 0.909. The van der Waals surface area contributed by atoms with Crippen LogP contribution in [0.15, 0.2) is 16.7 Å². The first-order chi connectivity index (χ1) is 6.18. The smallest absolute Gasteiger partial charge is 0.240 e. The van der Waals surface area contributed by atoms with E-state index in [4.69, 9.17) is 4.52 Å². The lowest BCUT2D eigenvalue weighted by molar-refractivity contribution is 0.365. The molecule has 0 fully saturated rings. The van der Waals surface area contributed by atoms with Crippen molar-refractivity contribution in [2.45, 2.75) is 26.8 Å². The van der Waals surface area contributed by atoms with Crippen LogP contribution in [-0.2, 0) is 6.54 Å². The normalized spacial score (nSPS) is 10.3. The van der Waals surface area contributed by atoms with E-state index in [1.165, 1.54) is 5.57 Å². The van der Waals surface area contributed by atoms with Crippen LogP contribution in [0.1, 0.15) is 25.1 Å². The second-order valence-corrected chi connectivity index (χ2v) is 3.12. The third-order valence-corrected chi connectivity index (χ3v) is 1.57. The molecule has 4 heteroatoms. The topological polar surface area (TPSA) is 51.0 Å². The highest BCUT2D eigenvalue weighted by molar-refractivity contribution is 4.88. The monoisotopic (exact) mass is 181 g/mol. The molecule has 0 atom stereocenters. The van der Waals surface area contributed by atoms with Gasteiger partial charge in [0.25, 0.3) is 0 Å². The first kappa shape index (κ1) is 9.92. The molecule has 0 saturated heterocycles. The second-order valence-electron chi connectivity index (χ2n) is 3.12. The van der Waals surface area contributed by atoms with Gasteiger partial charge < -0.3 is 9.84 Å². The van der Waals surface area contributed by atoms with Gasteiger partial charge in [-0.2, -0.15) is 4.98 Å². The van der Waals surface area contributed by atoms with Gasteiger partial charge >= 0.3 is 0 Å². The van der Waals surface area contributed by atoms with E-state index in [2.05, 4.69) is 22.0 Å². The van der Waals surface area contributed by atoms with E-state index in [0.29, 0.717) is 18.3 Å². The molecule has 0 aliphatic rings. The van der Waals surface area contributed by atoms with Gasteiger partial charge in [-0.25, -0.2) is 0 Å². The van der Waals surface area contributed by atoms with Crippen LogP contribution in [-0.4, -0.2) is 16.7 Å². The van der Waals surface area contributed by atoms with Crippen molar-refractivity contribution in [1.29, 1.82) is 0 Å². The molecule has 1 rings (SSSR count). The Morgan fingerprint density at radius 2 is 2.38 bits per heavy atom. The average Bonchev–Trinajstić information content (AvgIpc) is 2.45. The lowest BCUT2D eigenvalue weighted by Crippen LogP contribution is -2.14. The van der Waals surface area contributed by atoms with Gasteiger partial charge in [0, 0.05) is 0 Å². The van der Waals surface area contributed by atoms with Gasteiger partial charge in [-0.05, 0) is 26.8 Å². The highest BCUT2D eigenvalue weighted by Gasteiger charge is 2.00. The lowest BCUT2D eigenvalue weighted by atomic mass is 10.2. The summed E-state index contributed by atoms with van der Waals surface area (Å²) in [6, 6.07) is 0. The van der Waals surface area contributed by atoms with Crippen molar-refractivity contribution in [1.82, 2.24) is 15.5 Å². The van der Waals surface area contributed by atoms with E-state index in [9.17, 15) is 0 Å². The summed E-state index contributed by atoms with van der Waals surface area (Å²) in [4.78, 5) is 4.06. The first-order valence-corrected chi connectivity index (χ1v) is 4.33. The van der Waals surface area contributed by atoms with Gasteiger partial charge in [0.1, 0.15) is 0 Å². The zero-order chi connectivity index (χ0) is 9.68. The molecular weight excluding hydrogens is 166 g/mol. The summed E-state index contributed by atoms with van der Waals surface area (Å²) < 4.78 is 4.93. The van der Waals surface area contributed by atoms with E-state index < -0.39 is 0 Å². The molecular formula is C9H15N3O. The van der Waals surface area contributed by atoms with Crippen molar-refractivity contribution in [2.75, 3.05) is 6.54 Å². The van der Waals surface area contributed by atoms with Crippen molar-refractivity contribution in [2.24, 2.45) is 0 Å². The van der Waals surface area contributed by atoms with Crippen LogP contribution >= 0.6 is 0 Å². The minimum atomic E-state index is 0.633. The third kappa shape index (κ3) is 3.85. The Morgan fingerprint density at radius 1 is 1.62 bits per heavy atom. The highest BCUT2D eigenvalue weighted by Crippen LogP contribution is 1.96. The SMILES string of the molecule is C=C(C)CCNCc1nc(C)no1. The van der Waals surface area contributed by atoms with Crippen molar-refractivity contribution >= 4 is 0 Å². The highest BCUT2D eigenvalue weighted by atomic mass is 16.5. The summed E-state index contributed by atoms with van der Waals surface area (Å²) in [7, 11) is 0. The van der Waals surface area contributed by atoms with E-state index in [0.717, 1.165) is 13.0 Å². The predicted molar refractivity (Wildman–Crippen MR) is 50.2 cm³/mol. The zero-order valence-corrected chi connectivity index (χ0v) is 8.13. The maximum absolute atomic E-state index is 4.93. The van der Waals surface area contributed by atoms with Crippen LogP contribution in [0.25, 0.3) is 0 Å². The Labute approximate surface area is 78.0 Å². The number of hydrogen-bond acceptors (Lipinski definition) is 4. The molecule has 0 spiro atoms. The average molecular weight is 181 g/mol. The fourth-order valence-corrected chi connectivity index (χ4v) is 0.909.